The number of Topliss-reactive ketones (excluding diaryl/α,β-unsaturated/α-hetero) is 1. The first-order chi connectivity index (χ1) is 13.3. The number of thiophene rings is 1. The third-order valence-electron chi connectivity index (χ3n) is 5.67. The van der Waals surface area contributed by atoms with E-state index in [-0.39, 0.29) is 17.9 Å². The van der Waals surface area contributed by atoms with Gasteiger partial charge in [-0.3, -0.25) is 4.79 Å². The van der Waals surface area contributed by atoms with Gasteiger partial charge in [0.1, 0.15) is 26.2 Å². The number of rotatable bonds is 6. The Morgan fingerprint density at radius 1 is 0.852 bits per heavy atom. The number of hydrogen-bond donors (Lipinski definition) is 2. The summed E-state index contributed by atoms with van der Waals surface area (Å²) >= 11 is 1.77. The van der Waals surface area contributed by atoms with Gasteiger partial charge in [-0.25, -0.2) is 0 Å². The lowest BCUT2D eigenvalue weighted by Crippen LogP contribution is -3.25. The molecule has 2 unspecified atom stereocenters. The molecular weight excluding hydrogens is 360 g/mol. The van der Waals surface area contributed by atoms with Gasteiger partial charge >= 0.3 is 0 Å². The Kier molecular flexibility index (Phi) is 6.32. The molecule has 1 aromatic heterocycles. The molecule has 27 heavy (non-hydrogen) atoms. The normalized spacial score (nSPS) is 21.6. The minimum Gasteiger partial charge on any atom is -0.370 e. The molecule has 144 valence electrons. The highest BCUT2D eigenvalue weighted by molar-refractivity contribution is 7.10. The number of benzene rings is 1. The van der Waals surface area contributed by atoms with Crippen LogP contribution in [0.4, 0.5) is 0 Å². The number of carbonyl (C=O) groups is 1. The van der Waals surface area contributed by atoms with E-state index in [4.69, 9.17) is 9.47 Å². The van der Waals surface area contributed by atoms with Gasteiger partial charge < -0.3 is 19.3 Å². The number of nitrogens with one attached hydrogen (secondary N) is 2. The topological polar surface area (TPSA) is 44.4 Å². The van der Waals surface area contributed by atoms with Gasteiger partial charge in [-0.05, 0) is 11.4 Å². The molecule has 4 rings (SSSR count). The largest absolute Gasteiger partial charge is 0.370 e. The zero-order valence-corrected chi connectivity index (χ0v) is 16.4. The molecule has 1 aromatic carbocycles. The number of hydrogen-bond acceptors (Lipinski definition) is 4. The maximum atomic E-state index is 13.7. The minimum atomic E-state index is -0.0944. The van der Waals surface area contributed by atoms with Gasteiger partial charge in [0, 0.05) is 5.56 Å². The van der Waals surface area contributed by atoms with Crippen molar-refractivity contribution in [1.29, 1.82) is 0 Å². The SMILES string of the molecule is O=C(c1ccccc1)C(C(c1cccs1)[NH+]1CCOCC1)[NH+]1CCOCC1. The highest BCUT2D eigenvalue weighted by Gasteiger charge is 2.46. The fourth-order valence-corrected chi connectivity index (χ4v) is 5.23. The lowest BCUT2D eigenvalue weighted by Gasteiger charge is -2.39. The van der Waals surface area contributed by atoms with Crippen LogP contribution in [0.5, 0.6) is 0 Å². The third kappa shape index (κ3) is 4.31. The molecule has 0 bridgehead atoms. The van der Waals surface area contributed by atoms with Gasteiger partial charge in [0.15, 0.2) is 6.04 Å². The molecule has 2 aromatic rings. The molecule has 2 aliphatic heterocycles. The van der Waals surface area contributed by atoms with E-state index in [1.165, 1.54) is 14.7 Å². The Labute approximate surface area is 164 Å². The van der Waals surface area contributed by atoms with Crippen LogP contribution in [0.1, 0.15) is 21.3 Å². The van der Waals surface area contributed by atoms with E-state index >= 15 is 0 Å². The summed E-state index contributed by atoms with van der Waals surface area (Å²) in [5.41, 5.74) is 0.815. The zero-order chi connectivity index (χ0) is 18.5. The third-order valence-corrected chi connectivity index (χ3v) is 6.63. The van der Waals surface area contributed by atoms with Crippen LogP contribution in [0.15, 0.2) is 47.8 Å². The second kappa shape index (κ2) is 9.08. The van der Waals surface area contributed by atoms with Crippen molar-refractivity contribution in [2.45, 2.75) is 12.1 Å². The van der Waals surface area contributed by atoms with Crippen molar-refractivity contribution in [2.75, 3.05) is 52.6 Å². The van der Waals surface area contributed by atoms with E-state index < -0.39 is 0 Å². The molecule has 0 radical (unpaired) electrons. The van der Waals surface area contributed by atoms with Crippen LogP contribution in [-0.4, -0.2) is 64.4 Å². The van der Waals surface area contributed by atoms with Gasteiger partial charge in [0.25, 0.3) is 0 Å². The summed E-state index contributed by atoms with van der Waals surface area (Å²) in [7, 11) is 0. The Morgan fingerprint density at radius 3 is 2.07 bits per heavy atom. The van der Waals surface area contributed by atoms with Crippen LogP contribution in [-0.2, 0) is 9.47 Å². The van der Waals surface area contributed by atoms with Crippen LogP contribution < -0.4 is 9.80 Å². The highest BCUT2D eigenvalue weighted by Crippen LogP contribution is 2.21. The molecule has 0 saturated carbocycles. The average molecular weight is 389 g/mol. The van der Waals surface area contributed by atoms with Crippen LogP contribution in [0.25, 0.3) is 0 Å². The van der Waals surface area contributed by atoms with Gasteiger partial charge in [0.2, 0.25) is 11.8 Å². The standard InChI is InChI=1S/C21H26N2O3S/c24-21(17-5-2-1-3-6-17)20(23-10-14-26-15-11-23)19(18-7-4-16-27-18)22-8-12-25-13-9-22/h1-7,16,19-20H,8-15H2/p+2. The molecule has 2 atom stereocenters. The summed E-state index contributed by atoms with van der Waals surface area (Å²) in [6.07, 6.45) is 0. The Hall–Kier alpha value is -1.57. The quantitative estimate of drug-likeness (QED) is 0.678. The minimum absolute atomic E-state index is 0.0944. The number of quaternary nitrogens is 2. The molecule has 0 spiro atoms. The Balaban J connectivity index is 1.72. The van der Waals surface area contributed by atoms with E-state index in [9.17, 15) is 4.79 Å². The molecule has 2 fully saturated rings. The van der Waals surface area contributed by atoms with Gasteiger partial charge in [-0.1, -0.05) is 36.4 Å². The molecule has 0 aliphatic carbocycles. The van der Waals surface area contributed by atoms with Crippen molar-refractivity contribution in [3.05, 3.63) is 58.3 Å². The van der Waals surface area contributed by atoms with Gasteiger partial charge in [0.05, 0.1) is 31.3 Å². The van der Waals surface area contributed by atoms with E-state index in [0.29, 0.717) is 0 Å². The zero-order valence-electron chi connectivity index (χ0n) is 15.6. The maximum absolute atomic E-state index is 13.7. The van der Waals surface area contributed by atoms with Crippen LogP contribution >= 0.6 is 11.3 Å². The summed E-state index contributed by atoms with van der Waals surface area (Å²) < 4.78 is 11.2. The first kappa shape index (κ1) is 18.8. The second-order valence-electron chi connectivity index (χ2n) is 7.24. The monoisotopic (exact) mass is 388 g/mol. The predicted molar refractivity (Wildman–Crippen MR) is 105 cm³/mol. The number of ketones is 1. The smallest absolute Gasteiger partial charge is 0.226 e. The number of carbonyl (C=O) groups excluding carboxylic acids is 1. The first-order valence-electron chi connectivity index (χ1n) is 9.82. The van der Waals surface area contributed by atoms with Crippen molar-refractivity contribution in [2.24, 2.45) is 0 Å². The molecular formula is C21H28N2O3S+2. The summed E-state index contributed by atoms with van der Waals surface area (Å²) in [4.78, 5) is 17.9. The fourth-order valence-electron chi connectivity index (χ4n) is 4.31. The van der Waals surface area contributed by atoms with Crippen molar-refractivity contribution in [1.82, 2.24) is 0 Å². The predicted octanol–water partition coefficient (Wildman–Crippen LogP) is -0.129. The van der Waals surface area contributed by atoms with Crippen LogP contribution in [0, 0.1) is 0 Å². The number of ether oxygens (including phenoxy) is 2. The van der Waals surface area contributed by atoms with Crippen molar-refractivity contribution >= 4 is 17.1 Å². The molecule has 2 aliphatic rings. The molecule has 3 heterocycles. The Bertz CT molecular complexity index is 710. The average Bonchev–Trinajstić information content (AvgIpc) is 3.28. The lowest BCUT2D eigenvalue weighted by atomic mass is 9.93. The van der Waals surface area contributed by atoms with Crippen molar-refractivity contribution < 1.29 is 24.1 Å². The summed E-state index contributed by atoms with van der Waals surface area (Å²) in [5, 5.41) is 2.13. The van der Waals surface area contributed by atoms with E-state index in [2.05, 4.69) is 17.5 Å². The first-order valence-corrected chi connectivity index (χ1v) is 10.7. The maximum Gasteiger partial charge on any atom is 0.226 e. The van der Waals surface area contributed by atoms with Crippen molar-refractivity contribution in [3.8, 4) is 0 Å². The second-order valence-corrected chi connectivity index (χ2v) is 8.22. The summed E-state index contributed by atoms with van der Waals surface area (Å²) in [6, 6.07) is 14.2. The molecule has 5 nitrogen and oxygen atoms in total. The van der Waals surface area contributed by atoms with Gasteiger partial charge in [-0.2, -0.15) is 0 Å². The van der Waals surface area contributed by atoms with E-state index in [1.54, 1.807) is 11.3 Å². The van der Waals surface area contributed by atoms with E-state index in [1.807, 2.05) is 30.3 Å². The summed E-state index contributed by atoms with van der Waals surface area (Å²) in [6.45, 7) is 6.65. The molecule has 2 N–H and O–H groups in total. The van der Waals surface area contributed by atoms with Gasteiger partial charge in [-0.15, -0.1) is 11.3 Å². The fraction of sp³-hybridized carbons (Fsp3) is 0.476. The molecule has 0 amide bonds. The van der Waals surface area contributed by atoms with E-state index in [0.717, 1.165) is 58.2 Å². The molecule has 6 heteroatoms. The van der Waals surface area contributed by atoms with Crippen LogP contribution in [0.2, 0.25) is 0 Å². The highest BCUT2D eigenvalue weighted by atomic mass is 32.1. The van der Waals surface area contributed by atoms with Crippen LogP contribution in [0.3, 0.4) is 0 Å². The number of morpholine rings is 2. The summed E-state index contributed by atoms with van der Waals surface area (Å²) in [5.74, 6) is 0.255. The lowest BCUT2D eigenvalue weighted by molar-refractivity contribution is -0.998. The molecule has 2 saturated heterocycles. The Morgan fingerprint density at radius 2 is 1.48 bits per heavy atom. The van der Waals surface area contributed by atoms with Crippen molar-refractivity contribution in [3.63, 3.8) is 0 Å².